The molecule has 1 aromatic heterocycles. The van der Waals surface area contributed by atoms with Crippen molar-refractivity contribution in [2.24, 2.45) is 0 Å². The number of amides is 1. The van der Waals surface area contributed by atoms with E-state index in [0.29, 0.717) is 25.9 Å². The molecule has 0 N–H and O–H groups in total. The Hall–Kier alpha value is -3.16. The van der Waals surface area contributed by atoms with Gasteiger partial charge >= 0.3 is 12.2 Å². The fraction of sp³-hybridized carbons (Fsp3) is 0.318. The summed E-state index contributed by atoms with van der Waals surface area (Å²) in [4.78, 5) is 21.8. The molecule has 2 aromatic carbocycles. The average molecular weight is 415 g/mol. The summed E-state index contributed by atoms with van der Waals surface area (Å²) in [5.41, 5.74) is -0.102. The number of aromatic nitrogens is 2. The van der Waals surface area contributed by atoms with Gasteiger partial charge in [0, 0.05) is 12.7 Å². The van der Waals surface area contributed by atoms with Crippen molar-refractivity contribution in [1.82, 2.24) is 14.9 Å². The lowest BCUT2D eigenvalue weighted by atomic mass is 10.0. The third-order valence-electron chi connectivity index (χ3n) is 5.15. The van der Waals surface area contributed by atoms with Crippen LogP contribution in [0.25, 0.3) is 10.8 Å². The van der Waals surface area contributed by atoms with E-state index in [9.17, 15) is 18.0 Å². The highest BCUT2D eigenvalue weighted by Gasteiger charge is 2.33. The van der Waals surface area contributed by atoms with Crippen molar-refractivity contribution in [2.45, 2.75) is 31.5 Å². The highest BCUT2D eigenvalue weighted by Crippen LogP contribution is 2.28. The number of fused-ring (bicyclic) bond motifs is 1. The largest absolute Gasteiger partial charge is 0.458 e. The monoisotopic (exact) mass is 415 g/mol. The first kappa shape index (κ1) is 20.1. The van der Waals surface area contributed by atoms with Gasteiger partial charge in [-0.25, -0.2) is 4.98 Å². The molecule has 4 rings (SSSR count). The number of hydrogen-bond donors (Lipinski definition) is 0. The van der Waals surface area contributed by atoms with E-state index in [1.54, 1.807) is 4.90 Å². The molecule has 1 aliphatic heterocycles. The first-order valence-electron chi connectivity index (χ1n) is 9.71. The maximum absolute atomic E-state index is 12.9. The summed E-state index contributed by atoms with van der Waals surface area (Å²) in [5, 5.41) is 2.11. The van der Waals surface area contributed by atoms with Gasteiger partial charge in [0.15, 0.2) is 5.69 Å². The minimum atomic E-state index is -4.56. The number of hydrogen-bond acceptors (Lipinski definition) is 4. The van der Waals surface area contributed by atoms with E-state index in [1.165, 1.54) is 0 Å². The number of benzene rings is 2. The molecule has 0 saturated carbocycles. The zero-order valence-electron chi connectivity index (χ0n) is 16.1. The van der Waals surface area contributed by atoms with E-state index in [4.69, 9.17) is 4.74 Å². The highest BCUT2D eigenvalue weighted by molar-refractivity contribution is 5.90. The zero-order chi connectivity index (χ0) is 21.1. The molecule has 0 spiro atoms. The van der Waals surface area contributed by atoms with Gasteiger partial charge in [0.05, 0.1) is 13.0 Å². The minimum absolute atomic E-state index is 0.0374. The Balaban J connectivity index is 1.43. The Morgan fingerprint density at radius 2 is 1.93 bits per heavy atom. The van der Waals surface area contributed by atoms with E-state index < -0.39 is 18.0 Å². The summed E-state index contributed by atoms with van der Waals surface area (Å²) in [6.07, 6.45) is -2.40. The summed E-state index contributed by atoms with van der Waals surface area (Å²) < 4.78 is 44.1. The van der Waals surface area contributed by atoms with Crippen molar-refractivity contribution in [3.63, 3.8) is 0 Å². The van der Waals surface area contributed by atoms with Crippen LogP contribution in [0.4, 0.5) is 13.2 Å². The summed E-state index contributed by atoms with van der Waals surface area (Å²) in [6, 6.07) is 14.2. The summed E-state index contributed by atoms with van der Waals surface area (Å²) in [6.45, 7) is 0.885. The Morgan fingerprint density at radius 3 is 2.77 bits per heavy atom. The maximum Gasteiger partial charge on any atom is 0.433 e. The molecule has 8 heteroatoms. The Bertz CT molecular complexity index is 1050. The van der Waals surface area contributed by atoms with Gasteiger partial charge in [-0.1, -0.05) is 42.5 Å². The predicted octanol–water partition coefficient (Wildman–Crippen LogP) is 4.26. The number of piperidine rings is 1. The number of nitrogens with zero attached hydrogens (tertiary/aromatic N) is 3. The number of carbonyl (C=O) groups is 1. The molecule has 1 aliphatic rings. The van der Waals surface area contributed by atoms with Gasteiger partial charge in [-0.15, -0.1) is 0 Å². The van der Waals surface area contributed by atoms with Gasteiger partial charge in [-0.3, -0.25) is 4.79 Å². The standard InChI is InChI=1S/C22H20F3N3O2/c23-22(24,25)19-10-11-26-21(27-19)30-17-8-4-12-28(14-17)20(29)13-16-7-3-6-15-5-1-2-9-18(15)16/h1-3,5-7,9-11,17H,4,8,12-14H2. The molecule has 0 aliphatic carbocycles. The topological polar surface area (TPSA) is 55.3 Å². The number of alkyl halides is 3. The number of halogens is 3. The molecule has 156 valence electrons. The summed E-state index contributed by atoms with van der Waals surface area (Å²) >= 11 is 0. The molecule has 1 amide bonds. The molecule has 0 radical (unpaired) electrons. The maximum atomic E-state index is 12.9. The van der Waals surface area contributed by atoms with E-state index in [1.807, 2.05) is 42.5 Å². The van der Waals surface area contributed by atoms with Crippen LogP contribution in [0, 0.1) is 0 Å². The molecule has 3 aromatic rings. The molecule has 0 bridgehead atoms. The first-order valence-corrected chi connectivity index (χ1v) is 9.71. The Kier molecular flexibility index (Phi) is 5.57. The van der Waals surface area contributed by atoms with Crippen molar-refractivity contribution in [1.29, 1.82) is 0 Å². The zero-order valence-corrected chi connectivity index (χ0v) is 16.1. The lowest BCUT2D eigenvalue weighted by Crippen LogP contribution is -2.45. The average Bonchev–Trinajstić information content (AvgIpc) is 2.74. The smallest absolute Gasteiger partial charge is 0.433 e. The van der Waals surface area contributed by atoms with E-state index in [0.717, 1.165) is 28.6 Å². The molecule has 1 unspecified atom stereocenters. The number of ether oxygens (including phenoxy) is 1. The summed E-state index contributed by atoms with van der Waals surface area (Å²) in [7, 11) is 0. The van der Waals surface area contributed by atoms with Crippen LogP contribution in [0.5, 0.6) is 6.01 Å². The van der Waals surface area contributed by atoms with Gasteiger partial charge in [0.25, 0.3) is 0 Å². The Labute approximate surface area is 171 Å². The number of likely N-dealkylation sites (tertiary alicyclic amines) is 1. The third kappa shape index (κ3) is 4.53. The van der Waals surface area contributed by atoms with E-state index in [2.05, 4.69) is 9.97 Å². The van der Waals surface area contributed by atoms with Crippen LogP contribution in [0.1, 0.15) is 24.1 Å². The van der Waals surface area contributed by atoms with Crippen molar-refractivity contribution in [2.75, 3.05) is 13.1 Å². The van der Waals surface area contributed by atoms with Gasteiger partial charge < -0.3 is 9.64 Å². The second-order valence-corrected chi connectivity index (χ2v) is 7.26. The first-order chi connectivity index (χ1) is 14.4. The summed E-state index contributed by atoms with van der Waals surface area (Å²) in [5.74, 6) is -0.0374. The predicted molar refractivity (Wildman–Crippen MR) is 105 cm³/mol. The molecular formula is C22H20F3N3O2. The number of carbonyl (C=O) groups excluding carboxylic acids is 1. The Morgan fingerprint density at radius 1 is 1.13 bits per heavy atom. The van der Waals surface area contributed by atoms with Crippen LogP contribution in [-0.4, -0.2) is 40.0 Å². The fourth-order valence-corrected chi connectivity index (χ4v) is 3.69. The minimum Gasteiger partial charge on any atom is -0.458 e. The van der Waals surface area contributed by atoms with Crippen molar-refractivity contribution in [3.05, 3.63) is 66.0 Å². The molecular weight excluding hydrogens is 395 g/mol. The lowest BCUT2D eigenvalue weighted by molar-refractivity contribution is -0.141. The van der Waals surface area contributed by atoms with Crippen LogP contribution >= 0.6 is 0 Å². The second kappa shape index (κ2) is 8.30. The lowest BCUT2D eigenvalue weighted by Gasteiger charge is -2.32. The van der Waals surface area contributed by atoms with Crippen LogP contribution < -0.4 is 4.74 Å². The molecule has 5 nitrogen and oxygen atoms in total. The van der Waals surface area contributed by atoms with Crippen LogP contribution in [-0.2, 0) is 17.4 Å². The quantitative estimate of drug-likeness (QED) is 0.639. The van der Waals surface area contributed by atoms with Gasteiger partial charge in [-0.05, 0) is 35.2 Å². The molecule has 1 saturated heterocycles. The van der Waals surface area contributed by atoms with Crippen LogP contribution in [0.15, 0.2) is 54.7 Å². The van der Waals surface area contributed by atoms with Gasteiger partial charge in [-0.2, -0.15) is 18.2 Å². The van der Waals surface area contributed by atoms with Crippen molar-refractivity contribution >= 4 is 16.7 Å². The van der Waals surface area contributed by atoms with Crippen LogP contribution in [0.2, 0.25) is 0 Å². The number of rotatable bonds is 4. The molecule has 30 heavy (non-hydrogen) atoms. The van der Waals surface area contributed by atoms with Gasteiger partial charge in [0.1, 0.15) is 6.10 Å². The van der Waals surface area contributed by atoms with Crippen molar-refractivity contribution < 1.29 is 22.7 Å². The molecule has 1 fully saturated rings. The third-order valence-corrected chi connectivity index (χ3v) is 5.15. The van der Waals surface area contributed by atoms with Crippen LogP contribution in [0.3, 0.4) is 0 Å². The fourth-order valence-electron chi connectivity index (χ4n) is 3.69. The van der Waals surface area contributed by atoms with Crippen molar-refractivity contribution in [3.8, 4) is 6.01 Å². The molecule has 1 atom stereocenters. The van der Waals surface area contributed by atoms with Gasteiger partial charge in [0.2, 0.25) is 5.91 Å². The highest BCUT2D eigenvalue weighted by atomic mass is 19.4. The van der Waals surface area contributed by atoms with E-state index in [-0.39, 0.29) is 18.3 Å². The normalized spacial score (nSPS) is 17.2. The SMILES string of the molecule is O=C(Cc1cccc2ccccc12)N1CCCC(Oc2nccc(C(F)(F)F)n2)C1. The van der Waals surface area contributed by atoms with E-state index >= 15 is 0 Å². The second-order valence-electron chi connectivity index (χ2n) is 7.26. The molecule has 2 heterocycles.